The summed E-state index contributed by atoms with van der Waals surface area (Å²) in [5.74, 6) is -0.278. The number of nitrogens with one attached hydrogen (secondary N) is 2. The predicted octanol–water partition coefficient (Wildman–Crippen LogP) is 2.85. The highest BCUT2D eigenvalue weighted by Crippen LogP contribution is 2.19. The van der Waals surface area contributed by atoms with Crippen molar-refractivity contribution in [1.82, 2.24) is 10.2 Å². The molecule has 6 heteroatoms. The smallest absolute Gasteiger partial charge is 0.245 e. The van der Waals surface area contributed by atoms with Gasteiger partial charge in [-0.1, -0.05) is 23.7 Å². The molecule has 1 amide bonds. The molecule has 1 atom stereocenters. The zero-order valence-electron chi connectivity index (χ0n) is 11.0. The average molecular weight is 301 g/mol. The molecule has 106 valence electrons. The number of aromatic amines is 1. The number of nitrogens with zero attached hydrogens (tertiary/aromatic N) is 1. The van der Waals surface area contributed by atoms with Crippen LogP contribution in [-0.2, 0) is 4.79 Å². The van der Waals surface area contributed by atoms with Gasteiger partial charge in [0.05, 0.1) is 11.7 Å². The van der Waals surface area contributed by atoms with E-state index in [1.165, 1.54) is 0 Å². The van der Waals surface area contributed by atoms with Crippen LogP contribution in [-0.4, -0.2) is 16.1 Å². The first-order valence-corrected chi connectivity index (χ1v) is 6.76. The number of carbonyl (C=O) groups excluding carboxylic acids is 1. The van der Waals surface area contributed by atoms with Gasteiger partial charge in [-0.25, -0.2) is 0 Å². The molecule has 1 heterocycles. The van der Waals surface area contributed by atoms with Gasteiger partial charge in [-0.05, 0) is 35.9 Å². The monoisotopic (exact) mass is 300 g/mol. The van der Waals surface area contributed by atoms with Gasteiger partial charge in [-0.3, -0.25) is 9.89 Å². The maximum Gasteiger partial charge on any atom is 0.245 e. The molecule has 0 aliphatic heterocycles. The Labute approximate surface area is 126 Å². The molecule has 0 saturated heterocycles. The third-order valence-corrected chi connectivity index (χ3v) is 3.47. The fraction of sp³-hybridized carbons (Fsp3) is 0.0667. The summed E-state index contributed by atoms with van der Waals surface area (Å²) in [7, 11) is 0. The molecule has 0 radical (unpaired) electrons. The maximum absolute atomic E-state index is 12.2. The number of anilines is 1. The van der Waals surface area contributed by atoms with Gasteiger partial charge in [0, 0.05) is 16.1 Å². The van der Waals surface area contributed by atoms with Crippen molar-refractivity contribution in [2.24, 2.45) is 5.73 Å². The van der Waals surface area contributed by atoms with Crippen molar-refractivity contribution in [3.63, 3.8) is 0 Å². The van der Waals surface area contributed by atoms with E-state index in [1.807, 2.05) is 12.1 Å². The van der Waals surface area contributed by atoms with Gasteiger partial charge in [-0.15, -0.1) is 0 Å². The van der Waals surface area contributed by atoms with Crippen molar-refractivity contribution < 1.29 is 4.79 Å². The highest BCUT2D eigenvalue weighted by Gasteiger charge is 2.16. The zero-order chi connectivity index (χ0) is 14.8. The first kappa shape index (κ1) is 13.6. The molecule has 0 bridgehead atoms. The Kier molecular flexibility index (Phi) is 3.60. The number of amides is 1. The van der Waals surface area contributed by atoms with E-state index in [0.717, 1.165) is 10.9 Å². The number of nitrogens with two attached hydrogens (primary N) is 1. The molecule has 21 heavy (non-hydrogen) atoms. The van der Waals surface area contributed by atoms with Gasteiger partial charge in [0.1, 0.15) is 6.04 Å². The Morgan fingerprint density at radius 3 is 2.76 bits per heavy atom. The molecular weight excluding hydrogens is 288 g/mol. The minimum atomic E-state index is -0.748. The summed E-state index contributed by atoms with van der Waals surface area (Å²) >= 11 is 5.82. The van der Waals surface area contributed by atoms with E-state index < -0.39 is 6.04 Å². The van der Waals surface area contributed by atoms with Gasteiger partial charge in [0.15, 0.2) is 0 Å². The number of halogens is 1. The number of benzene rings is 2. The molecule has 1 unspecified atom stereocenters. The lowest BCUT2D eigenvalue weighted by Gasteiger charge is -2.12. The van der Waals surface area contributed by atoms with E-state index in [1.54, 1.807) is 36.5 Å². The summed E-state index contributed by atoms with van der Waals surface area (Å²) < 4.78 is 0. The molecule has 5 nitrogen and oxygen atoms in total. The Bertz CT molecular complexity index is 782. The molecule has 0 saturated carbocycles. The van der Waals surface area contributed by atoms with Crippen LogP contribution in [0.25, 0.3) is 10.9 Å². The fourth-order valence-electron chi connectivity index (χ4n) is 2.06. The van der Waals surface area contributed by atoms with Crippen molar-refractivity contribution in [1.29, 1.82) is 0 Å². The van der Waals surface area contributed by atoms with E-state index >= 15 is 0 Å². The zero-order valence-corrected chi connectivity index (χ0v) is 11.8. The summed E-state index contributed by atoms with van der Waals surface area (Å²) in [6, 6.07) is 11.6. The van der Waals surface area contributed by atoms with Crippen LogP contribution < -0.4 is 11.1 Å². The highest BCUT2D eigenvalue weighted by molar-refractivity contribution is 6.30. The van der Waals surface area contributed by atoms with Crippen molar-refractivity contribution in [3.8, 4) is 0 Å². The van der Waals surface area contributed by atoms with Crippen molar-refractivity contribution in [2.45, 2.75) is 6.04 Å². The Morgan fingerprint density at radius 2 is 2.00 bits per heavy atom. The summed E-state index contributed by atoms with van der Waals surface area (Å²) in [4.78, 5) is 12.2. The second kappa shape index (κ2) is 5.55. The quantitative estimate of drug-likeness (QED) is 0.695. The number of H-pyrrole nitrogens is 1. The molecule has 0 spiro atoms. The van der Waals surface area contributed by atoms with Gasteiger partial charge in [-0.2, -0.15) is 5.10 Å². The van der Waals surface area contributed by atoms with Crippen LogP contribution in [0.4, 0.5) is 5.69 Å². The van der Waals surface area contributed by atoms with Gasteiger partial charge in [0.2, 0.25) is 5.91 Å². The summed E-state index contributed by atoms with van der Waals surface area (Å²) in [6.45, 7) is 0. The molecule has 1 aromatic heterocycles. The lowest BCUT2D eigenvalue weighted by atomic mass is 10.1. The molecule has 2 aromatic carbocycles. The lowest BCUT2D eigenvalue weighted by molar-refractivity contribution is -0.117. The third kappa shape index (κ3) is 2.89. The van der Waals surface area contributed by atoms with Crippen LogP contribution in [0.2, 0.25) is 5.02 Å². The number of hydrogen-bond acceptors (Lipinski definition) is 3. The van der Waals surface area contributed by atoms with Crippen LogP contribution in [0.3, 0.4) is 0 Å². The molecule has 0 aliphatic rings. The maximum atomic E-state index is 12.2. The van der Waals surface area contributed by atoms with E-state index in [0.29, 0.717) is 16.3 Å². The van der Waals surface area contributed by atoms with E-state index in [9.17, 15) is 4.79 Å². The lowest BCUT2D eigenvalue weighted by Crippen LogP contribution is -2.27. The standard InChI is InChI=1S/C15H13ClN4O/c16-11-3-1-9(2-4-11)14(17)15(21)19-12-5-6-13-10(7-12)8-18-20-13/h1-8,14H,17H2,(H,18,20)(H,19,21). The van der Waals surface area contributed by atoms with E-state index in [4.69, 9.17) is 17.3 Å². The average Bonchev–Trinajstić information content (AvgIpc) is 2.95. The van der Waals surface area contributed by atoms with Crippen LogP contribution in [0.15, 0.2) is 48.7 Å². The van der Waals surface area contributed by atoms with Gasteiger partial charge < -0.3 is 11.1 Å². The summed E-state index contributed by atoms with van der Waals surface area (Å²) in [5.41, 5.74) is 8.26. The predicted molar refractivity (Wildman–Crippen MR) is 83.1 cm³/mol. The van der Waals surface area contributed by atoms with Crippen LogP contribution in [0.5, 0.6) is 0 Å². The number of hydrogen-bond donors (Lipinski definition) is 3. The van der Waals surface area contributed by atoms with Crippen LogP contribution in [0.1, 0.15) is 11.6 Å². The second-order valence-electron chi connectivity index (χ2n) is 4.69. The fourth-order valence-corrected chi connectivity index (χ4v) is 2.19. The molecule has 3 aromatic rings. The molecule has 4 N–H and O–H groups in total. The summed E-state index contributed by atoms with van der Waals surface area (Å²) in [6.07, 6.45) is 1.70. The van der Waals surface area contributed by atoms with Crippen LogP contribution >= 0.6 is 11.6 Å². The third-order valence-electron chi connectivity index (χ3n) is 3.22. The summed E-state index contributed by atoms with van der Waals surface area (Å²) in [5, 5.41) is 11.1. The second-order valence-corrected chi connectivity index (χ2v) is 5.13. The Balaban J connectivity index is 1.77. The minimum Gasteiger partial charge on any atom is -0.324 e. The molecular formula is C15H13ClN4O. The van der Waals surface area contributed by atoms with Crippen molar-refractivity contribution >= 4 is 34.1 Å². The number of aromatic nitrogens is 2. The Hall–Kier alpha value is -2.37. The normalized spacial score (nSPS) is 12.3. The molecule has 0 fully saturated rings. The number of fused-ring (bicyclic) bond motifs is 1. The van der Waals surface area contributed by atoms with E-state index in [-0.39, 0.29) is 5.91 Å². The highest BCUT2D eigenvalue weighted by atomic mass is 35.5. The van der Waals surface area contributed by atoms with Crippen LogP contribution in [0, 0.1) is 0 Å². The first-order chi connectivity index (χ1) is 10.1. The SMILES string of the molecule is NC(C(=O)Nc1ccc2[nH]ncc2c1)c1ccc(Cl)cc1. The Morgan fingerprint density at radius 1 is 1.24 bits per heavy atom. The largest absolute Gasteiger partial charge is 0.324 e. The van der Waals surface area contributed by atoms with Crippen molar-refractivity contribution in [3.05, 3.63) is 59.2 Å². The van der Waals surface area contributed by atoms with Gasteiger partial charge in [0.25, 0.3) is 0 Å². The molecule has 0 aliphatic carbocycles. The first-order valence-electron chi connectivity index (χ1n) is 6.38. The number of carbonyl (C=O) groups is 1. The number of rotatable bonds is 3. The molecule has 3 rings (SSSR count). The van der Waals surface area contributed by atoms with Gasteiger partial charge >= 0.3 is 0 Å². The minimum absolute atomic E-state index is 0.278. The topological polar surface area (TPSA) is 83.8 Å². The van der Waals surface area contributed by atoms with E-state index in [2.05, 4.69) is 15.5 Å². The van der Waals surface area contributed by atoms with Crippen molar-refractivity contribution in [2.75, 3.05) is 5.32 Å².